The van der Waals surface area contributed by atoms with Crippen LogP contribution in [0.15, 0.2) is 18.2 Å². The Balaban J connectivity index is 1.94. The lowest BCUT2D eigenvalue weighted by Crippen LogP contribution is -2.35. The maximum Gasteiger partial charge on any atom is 0.157 e. The fourth-order valence-corrected chi connectivity index (χ4v) is 3.50. The molecule has 0 saturated carbocycles. The SMILES string of the molecule is COC(CC1CCN(c2ccc(C)c(CC(C)C)c2)CC1)OC. The number of anilines is 1. The summed E-state index contributed by atoms with van der Waals surface area (Å²) in [6.45, 7) is 9.08. The van der Waals surface area contributed by atoms with Gasteiger partial charge in [-0.2, -0.15) is 0 Å². The highest BCUT2D eigenvalue weighted by molar-refractivity contribution is 5.51. The minimum atomic E-state index is -0.0523. The van der Waals surface area contributed by atoms with E-state index in [9.17, 15) is 0 Å². The molecular formula is C20H33NO2. The van der Waals surface area contributed by atoms with Crippen molar-refractivity contribution in [2.75, 3.05) is 32.2 Å². The van der Waals surface area contributed by atoms with E-state index in [1.807, 2.05) is 0 Å². The van der Waals surface area contributed by atoms with Gasteiger partial charge in [0.1, 0.15) is 0 Å². The zero-order valence-electron chi connectivity index (χ0n) is 15.5. The largest absolute Gasteiger partial charge is 0.372 e. The van der Waals surface area contributed by atoms with E-state index < -0.39 is 0 Å². The highest BCUT2D eigenvalue weighted by atomic mass is 16.7. The van der Waals surface area contributed by atoms with Gasteiger partial charge in [0, 0.05) is 39.4 Å². The number of hydrogen-bond donors (Lipinski definition) is 0. The number of methoxy groups -OCH3 is 2. The first-order valence-electron chi connectivity index (χ1n) is 8.93. The fraction of sp³-hybridized carbons (Fsp3) is 0.700. The van der Waals surface area contributed by atoms with E-state index in [-0.39, 0.29) is 6.29 Å². The highest BCUT2D eigenvalue weighted by Gasteiger charge is 2.22. The van der Waals surface area contributed by atoms with E-state index in [4.69, 9.17) is 9.47 Å². The number of ether oxygens (including phenoxy) is 2. The molecule has 23 heavy (non-hydrogen) atoms. The molecule has 1 aliphatic rings. The summed E-state index contributed by atoms with van der Waals surface area (Å²) in [6.07, 6.45) is 4.56. The molecule has 1 saturated heterocycles. The first-order valence-corrected chi connectivity index (χ1v) is 8.93. The van der Waals surface area contributed by atoms with Crippen molar-refractivity contribution in [3.63, 3.8) is 0 Å². The van der Waals surface area contributed by atoms with Gasteiger partial charge in [0.15, 0.2) is 6.29 Å². The van der Waals surface area contributed by atoms with Gasteiger partial charge < -0.3 is 14.4 Å². The molecule has 0 unspecified atom stereocenters. The summed E-state index contributed by atoms with van der Waals surface area (Å²) in [7, 11) is 3.46. The molecule has 0 bridgehead atoms. The Hall–Kier alpha value is -1.06. The molecule has 0 aliphatic carbocycles. The minimum absolute atomic E-state index is 0.0523. The van der Waals surface area contributed by atoms with E-state index in [2.05, 4.69) is 43.9 Å². The molecule has 0 spiro atoms. The van der Waals surface area contributed by atoms with Gasteiger partial charge in [-0.25, -0.2) is 0 Å². The number of piperidine rings is 1. The number of rotatable bonds is 7. The van der Waals surface area contributed by atoms with E-state index >= 15 is 0 Å². The van der Waals surface area contributed by atoms with Crippen LogP contribution in [0.3, 0.4) is 0 Å². The molecule has 0 radical (unpaired) electrons. The first kappa shape index (κ1) is 18.3. The fourth-order valence-electron chi connectivity index (χ4n) is 3.50. The Morgan fingerprint density at radius 3 is 2.35 bits per heavy atom. The lowest BCUT2D eigenvalue weighted by molar-refractivity contribution is -0.115. The van der Waals surface area contributed by atoms with Gasteiger partial charge in [0.25, 0.3) is 0 Å². The zero-order chi connectivity index (χ0) is 16.8. The molecule has 1 aromatic carbocycles. The lowest BCUT2D eigenvalue weighted by atomic mass is 9.92. The Bertz CT molecular complexity index is 475. The normalized spacial score (nSPS) is 16.6. The van der Waals surface area contributed by atoms with Gasteiger partial charge >= 0.3 is 0 Å². The van der Waals surface area contributed by atoms with Gasteiger partial charge in [-0.3, -0.25) is 0 Å². The Kier molecular flexibility index (Phi) is 6.91. The molecule has 2 rings (SSSR count). The number of nitrogens with zero attached hydrogens (tertiary/aromatic N) is 1. The molecule has 1 aromatic rings. The molecule has 3 heteroatoms. The zero-order valence-corrected chi connectivity index (χ0v) is 15.5. The van der Waals surface area contributed by atoms with Crippen molar-refractivity contribution >= 4 is 5.69 Å². The van der Waals surface area contributed by atoms with Crippen LogP contribution in [0.4, 0.5) is 5.69 Å². The second kappa shape index (κ2) is 8.70. The van der Waals surface area contributed by atoms with E-state index in [0.717, 1.165) is 19.5 Å². The lowest BCUT2D eigenvalue weighted by Gasteiger charge is -2.35. The Labute approximate surface area is 142 Å². The van der Waals surface area contributed by atoms with Crippen molar-refractivity contribution in [3.8, 4) is 0 Å². The summed E-state index contributed by atoms with van der Waals surface area (Å²) in [4.78, 5) is 2.54. The van der Waals surface area contributed by atoms with Crippen LogP contribution in [0.2, 0.25) is 0 Å². The molecule has 0 atom stereocenters. The van der Waals surface area contributed by atoms with Crippen LogP contribution < -0.4 is 4.90 Å². The standard InChI is InChI=1S/C20H33NO2/c1-15(2)12-18-14-19(7-6-16(18)3)21-10-8-17(9-11-21)13-20(22-4)23-5/h6-7,14-15,17,20H,8-13H2,1-5H3. The minimum Gasteiger partial charge on any atom is -0.372 e. The van der Waals surface area contributed by atoms with Crippen molar-refractivity contribution in [1.29, 1.82) is 0 Å². The monoisotopic (exact) mass is 319 g/mol. The van der Waals surface area contributed by atoms with E-state index in [0.29, 0.717) is 11.8 Å². The maximum absolute atomic E-state index is 5.34. The summed E-state index contributed by atoms with van der Waals surface area (Å²) < 4.78 is 10.7. The number of benzene rings is 1. The smallest absolute Gasteiger partial charge is 0.157 e. The van der Waals surface area contributed by atoms with Crippen LogP contribution in [0.5, 0.6) is 0 Å². The predicted octanol–water partition coefficient (Wildman–Crippen LogP) is 4.42. The Morgan fingerprint density at radius 1 is 1.13 bits per heavy atom. The molecule has 0 aromatic heterocycles. The second-order valence-electron chi connectivity index (χ2n) is 7.28. The van der Waals surface area contributed by atoms with Crippen molar-refractivity contribution < 1.29 is 9.47 Å². The first-order chi connectivity index (χ1) is 11.0. The van der Waals surface area contributed by atoms with Crippen LogP contribution in [0.1, 0.15) is 44.2 Å². The molecule has 130 valence electrons. The van der Waals surface area contributed by atoms with Gasteiger partial charge in [0.2, 0.25) is 0 Å². The number of aryl methyl sites for hydroxylation is 1. The third-order valence-electron chi connectivity index (χ3n) is 4.99. The summed E-state index contributed by atoms with van der Waals surface area (Å²) >= 11 is 0. The average Bonchev–Trinajstić information content (AvgIpc) is 2.55. The van der Waals surface area contributed by atoms with Gasteiger partial charge in [-0.05, 0) is 61.3 Å². The van der Waals surface area contributed by atoms with Crippen LogP contribution in [0.25, 0.3) is 0 Å². The predicted molar refractivity (Wildman–Crippen MR) is 97.1 cm³/mol. The average molecular weight is 319 g/mol. The third kappa shape index (κ3) is 5.22. The highest BCUT2D eigenvalue weighted by Crippen LogP contribution is 2.28. The van der Waals surface area contributed by atoms with Crippen molar-refractivity contribution in [3.05, 3.63) is 29.3 Å². The summed E-state index contributed by atoms with van der Waals surface area (Å²) in [5, 5.41) is 0. The summed E-state index contributed by atoms with van der Waals surface area (Å²) in [5.74, 6) is 1.41. The number of hydrogen-bond acceptors (Lipinski definition) is 3. The second-order valence-corrected chi connectivity index (χ2v) is 7.28. The molecule has 0 N–H and O–H groups in total. The van der Waals surface area contributed by atoms with Crippen LogP contribution in [-0.2, 0) is 15.9 Å². The van der Waals surface area contributed by atoms with E-state index in [1.165, 1.54) is 36.1 Å². The van der Waals surface area contributed by atoms with Crippen molar-refractivity contribution in [2.24, 2.45) is 11.8 Å². The third-order valence-corrected chi connectivity index (χ3v) is 4.99. The molecule has 1 heterocycles. The molecule has 3 nitrogen and oxygen atoms in total. The van der Waals surface area contributed by atoms with Crippen molar-refractivity contribution in [2.45, 2.75) is 52.7 Å². The molecular weight excluding hydrogens is 286 g/mol. The van der Waals surface area contributed by atoms with E-state index in [1.54, 1.807) is 14.2 Å². The molecule has 1 aliphatic heterocycles. The quantitative estimate of drug-likeness (QED) is 0.695. The van der Waals surface area contributed by atoms with Gasteiger partial charge in [0.05, 0.1) is 0 Å². The van der Waals surface area contributed by atoms with Crippen molar-refractivity contribution in [1.82, 2.24) is 0 Å². The summed E-state index contributed by atoms with van der Waals surface area (Å²) in [6, 6.07) is 6.97. The van der Waals surface area contributed by atoms with Gasteiger partial charge in [-0.15, -0.1) is 0 Å². The molecule has 0 amide bonds. The molecule has 1 fully saturated rings. The maximum atomic E-state index is 5.34. The van der Waals surface area contributed by atoms with Crippen LogP contribution in [0, 0.1) is 18.8 Å². The topological polar surface area (TPSA) is 21.7 Å². The van der Waals surface area contributed by atoms with Crippen LogP contribution in [-0.4, -0.2) is 33.6 Å². The Morgan fingerprint density at radius 2 is 1.78 bits per heavy atom. The summed E-state index contributed by atoms with van der Waals surface area (Å²) in [5.41, 5.74) is 4.30. The van der Waals surface area contributed by atoms with Crippen LogP contribution >= 0.6 is 0 Å². The van der Waals surface area contributed by atoms with Gasteiger partial charge in [-0.1, -0.05) is 19.9 Å².